The molecule has 3 atom stereocenters. The highest BCUT2D eigenvalue weighted by atomic mass is 16.7. The molecule has 0 saturated heterocycles. The van der Waals surface area contributed by atoms with Crippen LogP contribution in [0.5, 0.6) is 0 Å². The molecule has 2 aromatic carbocycles. The van der Waals surface area contributed by atoms with Crippen LogP contribution in [0.4, 0.5) is 5.69 Å². The molecule has 8 nitrogen and oxygen atoms in total. The number of ether oxygens (including phenoxy) is 2. The Morgan fingerprint density at radius 3 is 2.24 bits per heavy atom. The van der Waals surface area contributed by atoms with Gasteiger partial charge < -0.3 is 20.1 Å². The number of amides is 1. The average Bonchev–Trinajstić information content (AvgIpc) is 3.24. The van der Waals surface area contributed by atoms with Gasteiger partial charge >= 0.3 is 0 Å². The van der Waals surface area contributed by atoms with E-state index in [1.165, 1.54) is 0 Å². The number of rotatable bonds is 6. The molecule has 0 bridgehead atoms. The van der Waals surface area contributed by atoms with Crippen molar-refractivity contribution >= 4 is 17.4 Å². The summed E-state index contributed by atoms with van der Waals surface area (Å²) in [5, 5.41) is 21.2. The molecule has 1 amide bonds. The van der Waals surface area contributed by atoms with Gasteiger partial charge in [-0.1, -0.05) is 48.5 Å². The van der Waals surface area contributed by atoms with E-state index in [9.17, 15) is 15.3 Å². The zero-order valence-electron chi connectivity index (χ0n) is 18.4. The van der Waals surface area contributed by atoms with Crippen LogP contribution in [0.15, 0.2) is 59.6 Å². The second-order valence-corrected chi connectivity index (χ2v) is 8.31. The van der Waals surface area contributed by atoms with Crippen LogP contribution in [0, 0.1) is 33.5 Å². The summed E-state index contributed by atoms with van der Waals surface area (Å²) in [6, 6.07) is 21.3. The maximum absolute atomic E-state index is 14.3. The first-order valence-electron chi connectivity index (χ1n) is 10.9. The second kappa shape index (κ2) is 6.89. The number of para-hydroxylation sites is 1. The van der Waals surface area contributed by atoms with Crippen molar-refractivity contribution in [3.05, 3.63) is 65.7 Å². The van der Waals surface area contributed by atoms with Crippen molar-refractivity contribution in [1.29, 1.82) is 10.5 Å². The maximum atomic E-state index is 14.3. The van der Waals surface area contributed by atoms with Crippen LogP contribution in [-0.2, 0) is 26.2 Å². The van der Waals surface area contributed by atoms with Gasteiger partial charge in [0.25, 0.3) is 5.91 Å². The van der Waals surface area contributed by atoms with Gasteiger partial charge in [-0.05, 0) is 31.0 Å². The fourth-order valence-electron chi connectivity index (χ4n) is 6.03. The largest absolute Gasteiger partial charge is 0.386 e. The lowest BCUT2D eigenvalue weighted by atomic mass is 9.84. The number of carbonyl (C=O) groups excluding carboxylic acids is 1. The molecular formula is C25H23N5O3. The van der Waals surface area contributed by atoms with Crippen LogP contribution >= 0.6 is 0 Å². The summed E-state index contributed by atoms with van der Waals surface area (Å²) in [7, 11) is 0. The fraction of sp³-hybridized carbons (Fsp3) is 0.360. The van der Waals surface area contributed by atoms with Gasteiger partial charge in [0.05, 0.1) is 18.7 Å². The Morgan fingerprint density at radius 1 is 1.00 bits per heavy atom. The maximum Gasteiger partial charge on any atom is 0.294 e. The molecule has 1 saturated carbocycles. The normalized spacial score (nSPS) is 30.4. The molecule has 0 aromatic heterocycles. The summed E-state index contributed by atoms with van der Waals surface area (Å²) in [5.74, 6) is -2.35. The van der Waals surface area contributed by atoms with Crippen LogP contribution in [0.1, 0.15) is 25.0 Å². The van der Waals surface area contributed by atoms with E-state index in [1.807, 2.05) is 42.5 Å². The lowest BCUT2D eigenvalue weighted by molar-refractivity contribution is -0.257. The molecule has 166 valence electrons. The van der Waals surface area contributed by atoms with Crippen LogP contribution in [-0.4, -0.2) is 30.9 Å². The standard InChI is InChI=1S/C25H23N5O3/c1-3-32-25(33-4-2)23(16-27)22(15-26,20(28)29-25)24(23)18-12-8-9-13-19(18)30(21(24)31)14-17-10-6-5-7-11-17/h5-13H,3-4,14H2,1-2H3,(H2,28,29)/t22-,23-,24+/m1/s1. The molecule has 1 spiro atoms. The van der Waals surface area contributed by atoms with Gasteiger partial charge in [-0.2, -0.15) is 10.5 Å². The first-order chi connectivity index (χ1) is 16.0. The smallest absolute Gasteiger partial charge is 0.294 e. The monoisotopic (exact) mass is 441 g/mol. The summed E-state index contributed by atoms with van der Waals surface area (Å²) < 4.78 is 11.9. The molecular weight excluding hydrogens is 418 g/mol. The number of hydrogen-bond donors (Lipinski definition) is 1. The number of nitriles is 2. The third kappa shape index (κ3) is 2.02. The van der Waals surface area contributed by atoms with E-state index in [4.69, 9.17) is 15.2 Å². The highest BCUT2D eigenvalue weighted by Crippen LogP contribution is 2.87. The number of amidine groups is 1. The highest BCUT2D eigenvalue weighted by Gasteiger charge is 3.05. The fourth-order valence-corrected chi connectivity index (χ4v) is 6.03. The van der Waals surface area contributed by atoms with Gasteiger partial charge in [-0.3, -0.25) is 4.79 Å². The van der Waals surface area contributed by atoms with Gasteiger partial charge in [0, 0.05) is 18.9 Å². The Balaban J connectivity index is 1.78. The molecule has 3 aliphatic rings. The van der Waals surface area contributed by atoms with E-state index in [0.29, 0.717) is 11.3 Å². The summed E-state index contributed by atoms with van der Waals surface area (Å²) in [5.41, 5.74) is 3.43. The average molecular weight is 441 g/mol. The van der Waals surface area contributed by atoms with Crippen LogP contribution in [0.2, 0.25) is 0 Å². The van der Waals surface area contributed by atoms with Crippen LogP contribution < -0.4 is 10.6 Å². The van der Waals surface area contributed by atoms with Crippen molar-refractivity contribution in [3.63, 3.8) is 0 Å². The lowest BCUT2D eigenvalue weighted by Crippen LogP contribution is -2.49. The van der Waals surface area contributed by atoms with E-state index < -0.39 is 22.2 Å². The number of benzene rings is 2. The molecule has 0 unspecified atom stereocenters. The van der Waals surface area contributed by atoms with Gasteiger partial charge in [0.15, 0.2) is 10.8 Å². The summed E-state index contributed by atoms with van der Waals surface area (Å²) >= 11 is 0. The summed E-state index contributed by atoms with van der Waals surface area (Å²) in [6.45, 7) is 4.08. The zero-order chi connectivity index (χ0) is 23.5. The quantitative estimate of drug-likeness (QED) is 0.687. The van der Waals surface area contributed by atoms with Gasteiger partial charge in [-0.25, -0.2) is 4.99 Å². The van der Waals surface area contributed by atoms with E-state index in [2.05, 4.69) is 17.1 Å². The first kappa shape index (κ1) is 21.1. The highest BCUT2D eigenvalue weighted by molar-refractivity contribution is 6.21. The molecule has 33 heavy (non-hydrogen) atoms. The third-order valence-corrected chi connectivity index (χ3v) is 7.11. The SMILES string of the molecule is CCOC1(OCC)N=C(N)[C@@]2(C#N)[C@]3(C(=O)N(Cc4ccccc4)c4ccccc43)[C@]12C#N. The molecule has 1 aliphatic carbocycles. The molecule has 8 heteroatoms. The molecule has 2 aliphatic heterocycles. The first-order valence-corrected chi connectivity index (χ1v) is 10.9. The molecule has 5 rings (SSSR count). The number of fused-ring (bicyclic) bond motifs is 5. The minimum Gasteiger partial charge on any atom is -0.386 e. The summed E-state index contributed by atoms with van der Waals surface area (Å²) in [4.78, 5) is 20.3. The number of aliphatic imine (C=N–C) groups is 1. The van der Waals surface area contributed by atoms with E-state index in [1.54, 1.807) is 30.9 Å². The third-order valence-electron chi connectivity index (χ3n) is 7.11. The molecule has 2 aromatic rings. The van der Waals surface area contributed by atoms with Crippen molar-refractivity contribution in [2.75, 3.05) is 18.1 Å². The van der Waals surface area contributed by atoms with E-state index in [-0.39, 0.29) is 31.5 Å². The number of carbonyl (C=O) groups is 1. The van der Waals surface area contributed by atoms with Gasteiger partial charge in [0.1, 0.15) is 11.3 Å². The number of hydrogen-bond acceptors (Lipinski definition) is 7. The van der Waals surface area contributed by atoms with Crippen molar-refractivity contribution in [3.8, 4) is 12.1 Å². The lowest BCUT2D eigenvalue weighted by Gasteiger charge is -2.33. The molecule has 2 heterocycles. The minimum absolute atomic E-state index is 0.113. The van der Waals surface area contributed by atoms with E-state index in [0.717, 1.165) is 5.56 Å². The summed E-state index contributed by atoms with van der Waals surface area (Å²) in [6.07, 6.45) is 0. The minimum atomic E-state index is -1.86. The van der Waals surface area contributed by atoms with Gasteiger partial charge in [0.2, 0.25) is 5.91 Å². The van der Waals surface area contributed by atoms with Crippen molar-refractivity contribution in [2.24, 2.45) is 21.6 Å². The Bertz CT molecular complexity index is 1260. The number of anilines is 1. The van der Waals surface area contributed by atoms with Crippen molar-refractivity contribution < 1.29 is 14.3 Å². The van der Waals surface area contributed by atoms with Crippen LogP contribution in [0.25, 0.3) is 0 Å². The predicted octanol–water partition coefficient (Wildman–Crippen LogP) is 2.60. The zero-order valence-corrected chi connectivity index (χ0v) is 18.4. The number of nitrogens with two attached hydrogens (primary N) is 1. The Labute approximate surface area is 191 Å². The predicted molar refractivity (Wildman–Crippen MR) is 119 cm³/mol. The second-order valence-electron chi connectivity index (χ2n) is 8.31. The van der Waals surface area contributed by atoms with Crippen molar-refractivity contribution in [1.82, 2.24) is 0 Å². The molecule has 1 fully saturated rings. The van der Waals surface area contributed by atoms with Gasteiger partial charge in [-0.15, -0.1) is 0 Å². The Morgan fingerprint density at radius 2 is 1.64 bits per heavy atom. The number of nitrogens with zero attached hydrogens (tertiary/aromatic N) is 4. The molecule has 2 N–H and O–H groups in total. The van der Waals surface area contributed by atoms with E-state index >= 15 is 0 Å². The Kier molecular flexibility index (Phi) is 4.41. The molecule has 0 radical (unpaired) electrons. The topological polar surface area (TPSA) is 125 Å². The van der Waals surface area contributed by atoms with Crippen LogP contribution in [0.3, 0.4) is 0 Å². The Hall–Kier alpha value is -3.72. The van der Waals surface area contributed by atoms with Crippen molar-refractivity contribution in [2.45, 2.75) is 31.7 Å².